The van der Waals surface area contributed by atoms with E-state index in [1.54, 1.807) is 19.1 Å². The van der Waals surface area contributed by atoms with Crippen LogP contribution in [-0.2, 0) is 11.3 Å². The van der Waals surface area contributed by atoms with Gasteiger partial charge in [-0.25, -0.2) is 9.38 Å². The fourth-order valence-corrected chi connectivity index (χ4v) is 3.12. The van der Waals surface area contributed by atoms with Crippen LogP contribution in [0.1, 0.15) is 38.3 Å². The number of nitrogens with zero attached hydrogens (tertiary/aromatic N) is 1. The molecule has 0 spiro atoms. The van der Waals surface area contributed by atoms with Crippen LogP contribution in [0, 0.1) is 12.7 Å². The summed E-state index contributed by atoms with van der Waals surface area (Å²) in [7, 11) is 0. The van der Waals surface area contributed by atoms with Crippen molar-refractivity contribution in [3.05, 3.63) is 53.3 Å². The zero-order valence-electron chi connectivity index (χ0n) is 19.5. The summed E-state index contributed by atoms with van der Waals surface area (Å²) in [5, 5.41) is 9.18. The lowest BCUT2D eigenvalue weighted by Crippen LogP contribution is -2.46. The Kier molecular flexibility index (Phi) is 9.75. The molecule has 1 aliphatic heterocycles. The van der Waals surface area contributed by atoms with Gasteiger partial charge in [-0.15, -0.1) is 24.0 Å². The molecule has 0 aliphatic carbocycles. The lowest BCUT2D eigenvalue weighted by molar-refractivity contribution is -0.121. The average molecular weight is 570 g/mol. The number of ether oxygens (including phenoxy) is 2. The van der Waals surface area contributed by atoms with Gasteiger partial charge in [0, 0.05) is 23.7 Å². The van der Waals surface area contributed by atoms with E-state index in [-0.39, 0.29) is 47.8 Å². The Morgan fingerprint density at radius 2 is 1.82 bits per heavy atom. The number of carbonyl (C=O) groups excluding carboxylic acids is 1. The van der Waals surface area contributed by atoms with E-state index in [1.807, 2.05) is 39.0 Å². The Balaban J connectivity index is 0.00000385. The van der Waals surface area contributed by atoms with E-state index in [0.717, 1.165) is 17.7 Å². The Morgan fingerprint density at radius 1 is 1.09 bits per heavy atom. The second-order valence-electron chi connectivity index (χ2n) is 8.74. The summed E-state index contributed by atoms with van der Waals surface area (Å²) in [5.41, 5.74) is 1.84. The van der Waals surface area contributed by atoms with Crippen LogP contribution < -0.4 is 25.4 Å². The molecule has 0 radical (unpaired) electrons. The maximum absolute atomic E-state index is 13.6. The van der Waals surface area contributed by atoms with Crippen LogP contribution in [0.3, 0.4) is 0 Å². The standard InChI is InChI=1S/C24H31FN4O3.HI/c1-16-12-17(6-8-19(16)25)14-26-23(27-15-22(30)29-24(2,3)4)28-18-7-9-20-21(13-18)32-11-5-10-31-20;/h6-9,12-13H,5,10-11,14-15H2,1-4H3,(H,29,30)(H2,26,27,28);1H. The first-order valence-corrected chi connectivity index (χ1v) is 10.7. The molecule has 0 saturated carbocycles. The minimum absolute atomic E-state index is 0. The van der Waals surface area contributed by atoms with Gasteiger partial charge in [-0.3, -0.25) is 4.79 Å². The average Bonchev–Trinajstić information content (AvgIpc) is 2.96. The highest BCUT2D eigenvalue weighted by atomic mass is 127. The molecule has 1 amide bonds. The molecule has 1 aliphatic rings. The van der Waals surface area contributed by atoms with Gasteiger partial charge in [-0.1, -0.05) is 12.1 Å². The molecule has 9 heteroatoms. The number of benzene rings is 2. The van der Waals surface area contributed by atoms with Crippen molar-refractivity contribution in [3.8, 4) is 11.5 Å². The van der Waals surface area contributed by atoms with E-state index in [2.05, 4.69) is 20.9 Å². The summed E-state index contributed by atoms with van der Waals surface area (Å²) in [4.78, 5) is 16.8. The topological polar surface area (TPSA) is 84.0 Å². The van der Waals surface area contributed by atoms with Gasteiger partial charge in [0.15, 0.2) is 17.5 Å². The minimum atomic E-state index is -0.330. The van der Waals surface area contributed by atoms with Gasteiger partial charge >= 0.3 is 0 Å². The molecule has 7 nitrogen and oxygen atoms in total. The number of fused-ring (bicyclic) bond motifs is 1. The summed E-state index contributed by atoms with van der Waals surface area (Å²) in [6, 6.07) is 10.4. The molecule has 180 valence electrons. The Hall–Kier alpha value is -2.56. The van der Waals surface area contributed by atoms with E-state index in [4.69, 9.17) is 9.47 Å². The Labute approximate surface area is 211 Å². The number of amides is 1. The number of nitrogens with one attached hydrogen (secondary N) is 3. The first kappa shape index (κ1) is 26.7. The van der Waals surface area contributed by atoms with E-state index >= 15 is 0 Å². The molecule has 2 aromatic carbocycles. The number of aliphatic imine (C=N–C) groups is 1. The van der Waals surface area contributed by atoms with Crippen molar-refractivity contribution >= 4 is 41.5 Å². The summed E-state index contributed by atoms with van der Waals surface area (Å²) in [5.74, 6) is 1.38. The van der Waals surface area contributed by atoms with Crippen LogP contribution >= 0.6 is 24.0 Å². The molecule has 2 aromatic rings. The molecule has 0 saturated heterocycles. The third kappa shape index (κ3) is 8.71. The smallest absolute Gasteiger partial charge is 0.239 e. The zero-order chi connectivity index (χ0) is 23.1. The second-order valence-corrected chi connectivity index (χ2v) is 8.74. The van der Waals surface area contributed by atoms with E-state index in [0.29, 0.717) is 42.8 Å². The molecule has 0 unspecified atom stereocenters. The van der Waals surface area contributed by atoms with Crippen LogP contribution in [0.4, 0.5) is 10.1 Å². The van der Waals surface area contributed by atoms with Crippen LogP contribution in [-0.4, -0.2) is 37.2 Å². The molecular formula is C24H32FIN4O3. The van der Waals surface area contributed by atoms with Crippen LogP contribution in [0.2, 0.25) is 0 Å². The van der Waals surface area contributed by atoms with Crippen LogP contribution in [0.5, 0.6) is 11.5 Å². The third-order valence-corrected chi connectivity index (χ3v) is 4.58. The Morgan fingerprint density at radius 3 is 2.52 bits per heavy atom. The third-order valence-electron chi connectivity index (χ3n) is 4.58. The summed E-state index contributed by atoms with van der Waals surface area (Å²) < 4.78 is 25.0. The highest BCUT2D eigenvalue weighted by Crippen LogP contribution is 2.32. The summed E-state index contributed by atoms with van der Waals surface area (Å²) in [6.45, 7) is 9.07. The number of anilines is 1. The van der Waals surface area contributed by atoms with E-state index in [9.17, 15) is 9.18 Å². The highest BCUT2D eigenvalue weighted by molar-refractivity contribution is 14.0. The highest BCUT2D eigenvalue weighted by Gasteiger charge is 2.15. The monoisotopic (exact) mass is 570 g/mol. The molecule has 3 rings (SSSR count). The van der Waals surface area contributed by atoms with Gasteiger partial charge in [0.25, 0.3) is 0 Å². The number of carbonyl (C=O) groups is 1. The van der Waals surface area contributed by atoms with Gasteiger partial charge in [0.1, 0.15) is 5.82 Å². The van der Waals surface area contributed by atoms with Crippen molar-refractivity contribution in [2.75, 3.05) is 25.1 Å². The van der Waals surface area contributed by atoms with Crippen LogP contribution in [0.15, 0.2) is 41.4 Å². The van der Waals surface area contributed by atoms with Gasteiger partial charge in [-0.2, -0.15) is 0 Å². The first-order valence-electron chi connectivity index (χ1n) is 10.7. The largest absolute Gasteiger partial charge is 0.490 e. The molecule has 0 fully saturated rings. The normalized spacial score (nSPS) is 13.4. The minimum Gasteiger partial charge on any atom is -0.490 e. The van der Waals surface area contributed by atoms with Crippen molar-refractivity contribution in [1.29, 1.82) is 0 Å². The molecule has 1 heterocycles. The Bertz CT molecular complexity index is 992. The van der Waals surface area contributed by atoms with Crippen molar-refractivity contribution in [3.63, 3.8) is 0 Å². The SMILES string of the molecule is Cc1cc(CN=C(NCC(=O)NC(C)(C)C)Nc2ccc3c(c2)OCCCO3)ccc1F.I. The number of hydrogen-bond acceptors (Lipinski definition) is 4. The van der Waals surface area contributed by atoms with Gasteiger partial charge < -0.3 is 25.4 Å². The van der Waals surface area contributed by atoms with E-state index in [1.165, 1.54) is 6.07 Å². The molecule has 0 bridgehead atoms. The van der Waals surface area contributed by atoms with Gasteiger partial charge in [0.2, 0.25) is 5.91 Å². The number of halogens is 2. The quantitative estimate of drug-likeness (QED) is 0.282. The summed E-state index contributed by atoms with van der Waals surface area (Å²) >= 11 is 0. The molecular weight excluding hydrogens is 538 g/mol. The summed E-state index contributed by atoms with van der Waals surface area (Å²) in [6.07, 6.45) is 0.825. The predicted molar refractivity (Wildman–Crippen MR) is 139 cm³/mol. The van der Waals surface area contributed by atoms with Gasteiger partial charge in [-0.05, 0) is 57.0 Å². The predicted octanol–water partition coefficient (Wildman–Crippen LogP) is 4.39. The lowest BCUT2D eigenvalue weighted by atomic mass is 10.1. The zero-order valence-corrected chi connectivity index (χ0v) is 21.8. The number of hydrogen-bond donors (Lipinski definition) is 3. The lowest BCUT2D eigenvalue weighted by Gasteiger charge is -2.21. The molecule has 33 heavy (non-hydrogen) atoms. The van der Waals surface area contributed by atoms with Gasteiger partial charge in [0.05, 0.1) is 26.3 Å². The van der Waals surface area contributed by atoms with Crippen molar-refractivity contribution in [2.24, 2.45) is 4.99 Å². The number of guanidine groups is 1. The van der Waals surface area contributed by atoms with Crippen molar-refractivity contribution in [2.45, 2.75) is 46.2 Å². The molecule has 0 aromatic heterocycles. The number of rotatable bonds is 5. The maximum atomic E-state index is 13.6. The molecule has 0 atom stereocenters. The maximum Gasteiger partial charge on any atom is 0.239 e. The second kappa shape index (κ2) is 12.1. The van der Waals surface area contributed by atoms with E-state index < -0.39 is 0 Å². The fourth-order valence-electron chi connectivity index (χ4n) is 3.12. The molecule has 3 N–H and O–H groups in total. The fraction of sp³-hybridized carbons (Fsp3) is 0.417. The van der Waals surface area contributed by atoms with Crippen molar-refractivity contribution < 1.29 is 18.7 Å². The van der Waals surface area contributed by atoms with Crippen molar-refractivity contribution in [1.82, 2.24) is 10.6 Å². The first-order chi connectivity index (χ1) is 15.2. The number of aryl methyl sites for hydroxylation is 1. The van der Waals surface area contributed by atoms with Crippen LogP contribution in [0.25, 0.3) is 0 Å².